The van der Waals surface area contributed by atoms with Crippen LogP contribution in [0.1, 0.15) is 215 Å². The molecular weight excluding hydrogens is 1550 g/mol. The standard InChI is InChI=1S/C81H146N8O29/c1-48(2)114-47-54-41-49(3)42-89(54)66(98)32-9-8-17-35-84-76(108)56(88-77(109)57(87-65(97)31-16-24-40-113-81-53(7)70(102)74(106)61(46-93)118-81)27-11-19-34-83-63(95)29-14-22-38-111-79-51(5)68(100)72(104)59(44-91)116-79)26-12-20-36-85-75(107)55(86-64(96)30-15-23-39-112-80-52(6)69(101)73(105)60(45-92)117-80)25-10-18-33-82-62(94)28-13-21-37-110-78-50(4)67(99)71(103)58(43-90)115-78/h48-61,67-74,78-81,90-93,99-106H,8-47H2,1-7H3,(H,82,94)(H,83,95)(H,84,108)(H,85,107)(H,86,96)(H,87,97)(H,88,109)/t49-,50?,51?,52?,53?,54+,55?,56?,57?,58?,59?,60?,61?,67-,68-,69-,70-,71+,72+,73+,74+,78-,79-,80-,81-/m1/s1. The third-order valence-corrected chi connectivity index (χ3v) is 22.6. The summed E-state index contributed by atoms with van der Waals surface area (Å²) in [6.07, 6.45) is -8.55. The molecule has 19 N–H and O–H groups in total. The van der Waals surface area contributed by atoms with Crippen LogP contribution in [0, 0.1) is 29.6 Å². The van der Waals surface area contributed by atoms with Crippen LogP contribution in [0.2, 0.25) is 0 Å². The largest absolute Gasteiger partial charge is 0.394 e. The van der Waals surface area contributed by atoms with Crippen LogP contribution in [0.4, 0.5) is 0 Å². The Balaban J connectivity index is 1.21. The molecule has 8 amide bonds. The lowest BCUT2D eigenvalue weighted by molar-refractivity contribution is -0.282. The van der Waals surface area contributed by atoms with Gasteiger partial charge in [0.15, 0.2) is 25.2 Å². The van der Waals surface area contributed by atoms with Crippen molar-refractivity contribution in [2.45, 2.75) is 344 Å². The van der Waals surface area contributed by atoms with Gasteiger partial charge in [0, 0.05) is 115 Å². The van der Waals surface area contributed by atoms with Gasteiger partial charge in [-0.1, -0.05) is 41.0 Å². The number of nitrogens with one attached hydrogen (secondary N) is 7. The Bertz CT molecular complexity index is 2880. The fourth-order valence-corrected chi connectivity index (χ4v) is 15.0. The molecule has 0 aromatic rings. The van der Waals surface area contributed by atoms with Crippen molar-refractivity contribution in [2.24, 2.45) is 29.6 Å². The Kier molecular flexibility index (Phi) is 49.7. The summed E-state index contributed by atoms with van der Waals surface area (Å²) in [4.78, 5) is 112. The zero-order chi connectivity index (χ0) is 86.8. The number of aliphatic hydroxyl groups is 12. The smallest absolute Gasteiger partial charge is 0.243 e. The van der Waals surface area contributed by atoms with Gasteiger partial charge in [0.25, 0.3) is 0 Å². The van der Waals surface area contributed by atoms with Crippen LogP contribution in [0.25, 0.3) is 0 Å². The number of carbonyl (C=O) groups excluding carboxylic acids is 8. The predicted octanol–water partition coefficient (Wildman–Crippen LogP) is -1.31. The third kappa shape index (κ3) is 36.0. The zero-order valence-corrected chi connectivity index (χ0v) is 70.5. The average Bonchev–Trinajstić information content (AvgIpc) is 1.06. The molecule has 0 saturated carbocycles. The molecule has 118 heavy (non-hydrogen) atoms. The Labute approximate surface area is 694 Å². The van der Waals surface area contributed by atoms with Crippen molar-refractivity contribution in [3.05, 3.63) is 0 Å². The van der Waals surface area contributed by atoms with E-state index in [1.807, 2.05) is 18.7 Å². The van der Waals surface area contributed by atoms with E-state index in [4.69, 9.17) is 42.6 Å². The highest BCUT2D eigenvalue weighted by atomic mass is 16.7. The van der Waals surface area contributed by atoms with Gasteiger partial charge < -0.3 is 146 Å². The van der Waals surface area contributed by atoms with Gasteiger partial charge in [-0.3, -0.25) is 38.4 Å². The van der Waals surface area contributed by atoms with Crippen LogP contribution >= 0.6 is 0 Å². The number of ether oxygens (including phenoxy) is 9. The molecule has 5 rings (SSSR count). The molecule has 11 unspecified atom stereocenters. The molecule has 0 radical (unpaired) electrons. The Hall–Kier alpha value is -5.08. The van der Waals surface area contributed by atoms with E-state index in [0.29, 0.717) is 128 Å². The molecule has 0 bridgehead atoms. The molecule has 5 saturated heterocycles. The second-order valence-corrected chi connectivity index (χ2v) is 32.9. The fourth-order valence-electron chi connectivity index (χ4n) is 15.0. The molecule has 5 aliphatic rings. The van der Waals surface area contributed by atoms with E-state index in [-0.39, 0.29) is 134 Å². The number of aliphatic hydroxyl groups excluding tert-OH is 12. The molecule has 25 atom stereocenters. The van der Waals surface area contributed by atoms with E-state index in [0.717, 1.165) is 6.42 Å². The van der Waals surface area contributed by atoms with E-state index in [9.17, 15) is 99.6 Å². The zero-order valence-electron chi connectivity index (χ0n) is 70.5. The van der Waals surface area contributed by atoms with E-state index < -0.39 is 196 Å². The summed E-state index contributed by atoms with van der Waals surface area (Å²) in [6, 6.07) is -3.29. The number of likely N-dealkylation sites (tertiary alicyclic amines) is 1. The first-order valence-corrected chi connectivity index (χ1v) is 43.3. The molecule has 37 nitrogen and oxygen atoms in total. The number of nitrogens with zero attached hydrogens (tertiary/aromatic N) is 1. The molecule has 0 spiro atoms. The summed E-state index contributed by atoms with van der Waals surface area (Å²) < 4.78 is 51.7. The van der Waals surface area contributed by atoms with Crippen LogP contribution in [0.5, 0.6) is 0 Å². The van der Waals surface area contributed by atoms with E-state index in [1.54, 1.807) is 27.7 Å². The lowest BCUT2D eigenvalue weighted by atomic mass is 9.92. The Morgan fingerprint density at radius 1 is 0.364 bits per heavy atom. The maximum Gasteiger partial charge on any atom is 0.243 e. The van der Waals surface area contributed by atoms with Gasteiger partial charge in [0.05, 0.1) is 69.6 Å². The first kappa shape index (κ1) is 103. The van der Waals surface area contributed by atoms with E-state index in [1.165, 1.54) is 0 Å². The second kappa shape index (κ2) is 56.6. The summed E-state index contributed by atoms with van der Waals surface area (Å²) in [5.41, 5.74) is 0. The summed E-state index contributed by atoms with van der Waals surface area (Å²) in [5, 5.41) is 141. The van der Waals surface area contributed by atoms with Gasteiger partial charge >= 0.3 is 0 Å². The van der Waals surface area contributed by atoms with E-state index >= 15 is 0 Å². The number of amides is 8. The van der Waals surface area contributed by atoms with Crippen molar-refractivity contribution < 1.29 is 142 Å². The third-order valence-electron chi connectivity index (χ3n) is 22.6. The van der Waals surface area contributed by atoms with Crippen molar-refractivity contribution >= 4 is 47.3 Å². The topological polar surface area (TPSA) is 550 Å². The second-order valence-electron chi connectivity index (χ2n) is 32.9. The van der Waals surface area contributed by atoms with Crippen molar-refractivity contribution in [2.75, 3.05) is 92.2 Å². The molecule has 684 valence electrons. The minimum atomic E-state index is -1.31. The minimum absolute atomic E-state index is 0.00171. The molecule has 0 aromatic carbocycles. The SMILES string of the molecule is CC(C)OC[C@@H]1C[C@@H](C)CN1C(=O)CCCCCNC(=O)C(CCCCNC(=O)C(CCCCNC(=O)CCCCO[C@@H]1OC(CO)[C@H](O)[C@H](O)C1C)NC(=O)CCCCO[C@@H]1OC(CO)[C@H](O)[C@H](O)C1C)NC(=O)C(CCCCNC(=O)CCCCO[C@@H]1OC(CO)[C@H](O)[C@H](O)C1C)NC(=O)CCCCO[C@@H]1OC(CO)[C@H](O)[C@H](O)C1C. The van der Waals surface area contributed by atoms with Crippen LogP contribution in [0.15, 0.2) is 0 Å². The predicted molar refractivity (Wildman–Crippen MR) is 425 cm³/mol. The summed E-state index contributed by atoms with van der Waals surface area (Å²) in [7, 11) is 0. The highest BCUT2D eigenvalue weighted by Crippen LogP contribution is 2.32. The van der Waals surface area contributed by atoms with Crippen molar-refractivity contribution in [3.63, 3.8) is 0 Å². The maximum absolute atomic E-state index is 14.6. The van der Waals surface area contributed by atoms with Crippen LogP contribution in [-0.2, 0) is 81.0 Å². The fraction of sp³-hybridized carbons (Fsp3) is 0.901. The molecule has 0 aromatic heterocycles. The molecule has 5 fully saturated rings. The highest BCUT2D eigenvalue weighted by Gasteiger charge is 2.46. The lowest BCUT2D eigenvalue weighted by Gasteiger charge is -2.40. The molecular formula is C81H146N8O29. The number of unbranched alkanes of at least 4 members (excludes halogenated alkanes) is 9. The Morgan fingerprint density at radius 2 is 0.669 bits per heavy atom. The quantitative estimate of drug-likeness (QED) is 0.0314. The van der Waals surface area contributed by atoms with Crippen LogP contribution in [-0.4, -0.2) is 334 Å². The first-order valence-electron chi connectivity index (χ1n) is 43.3. The van der Waals surface area contributed by atoms with Crippen molar-refractivity contribution in [1.29, 1.82) is 0 Å². The molecule has 0 aliphatic carbocycles. The first-order chi connectivity index (χ1) is 56.4. The molecule has 5 heterocycles. The Morgan fingerprint density at radius 3 is 1.01 bits per heavy atom. The molecule has 5 aliphatic heterocycles. The van der Waals surface area contributed by atoms with E-state index in [2.05, 4.69) is 44.1 Å². The average molecular weight is 1700 g/mol. The van der Waals surface area contributed by atoms with Crippen LogP contribution < -0.4 is 37.2 Å². The normalized spacial score (nSPS) is 29.9. The van der Waals surface area contributed by atoms with Crippen LogP contribution in [0.3, 0.4) is 0 Å². The number of rotatable bonds is 58. The highest BCUT2D eigenvalue weighted by molar-refractivity contribution is 5.92. The minimum Gasteiger partial charge on any atom is -0.394 e. The van der Waals surface area contributed by atoms with Gasteiger partial charge in [-0.15, -0.1) is 0 Å². The molecule has 37 heteroatoms. The summed E-state index contributed by atoms with van der Waals surface area (Å²) >= 11 is 0. The maximum atomic E-state index is 14.6. The summed E-state index contributed by atoms with van der Waals surface area (Å²) in [5.74, 6) is -5.00. The lowest BCUT2D eigenvalue weighted by Crippen LogP contribution is -2.55. The summed E-state index contributed by atoms with van der Waals surface area (Å²) in [6.45, 7) is 13.1. The van der Waals surface area contributed by atoms with Crippen molar-refractivity contribution in [3.8, 4) is 0 Å². The monoisotopic (exact) mass is 1700 g/mol. The van der Waals surface area contributed by atoms with Crippen molar-refractivity contribution in [1.82, 2.24) is 42.1 Å². The number of hydrogen-bond acceptors (Lipinski definition) is 29. The van der Waals surface area contributed by atoms with Gasteiger partial charge in [-0.05, 0) is 148 Å². The number of hydrogen-bond donors (Lipinski definition) is 19. The van der Waals surface area contributed by atoms with Gasteiger partial charge in [0.1, 0.15) is 67.0 Å². The number of carbonyl (C=O) groups is 8. The van der Waals surface area contributed by atoms with Gasteiger partial charge in [-0.25, -0.2) is 0 Å². The van der Waals surface area contributed by atoms with Gasteiger partial charge in [0.2, 0.25) is 47.3 Å². The van der Waals surface area contributed by atoms with Gasteiger partial charge in [-0.2, -0.15) is 0 Å².